The van der Waals surface area contributed by atoms with E-state index in [4.69, 9.17) is 4.98 Å². The van der Waals surface area contributed by atoms with Gasteiger partial charge in [-0.1, -0.05) is 33.8 Å². The number of amides is 1. The largest absolute Gasteiger partial charge is 0.374 e. The molecule has 2 heterocycles. The first-order valence-electron chi connectivity index (χ1n) is 14.2. The van der Waals surface area contributed by atoms with Crippen LogP contribution < -0.4 is 15.4 Å². The molecule has 10 heteroatoms. The van der Waals surface area contributed by atoms with E-state index in [0.29, 0.717) is 41.6 Å². The quantitative estimate of drug-likeness (QED) is 0.254. The number of aliphatic hydroxyl groups is 1. The Hall–Kier alpha value is -2.92. The van der Waals surface area contributed by atoms with Gasteiger partial charge >= 0.3 is 0 Å². The number of carbonyl (C=O) groups is 1. The summed E-state index contributed by atoms with van der Waals surface area (Å²) in [5.74, 6) is 0.220. The van der Waals surface area contributed by atoms with E-state index >= 15 is 0 Å². The summed E-state index contributed by atoms with van der Waals surface area (Å²) in [6.07, 6.45) is 7.26. The molecule has 0 spiro atoms. The molecule has 0 saturated heterocycles. The van der Waals surface area contributed by atoms with E-state index in [0.717, 1.165) is 29.7 Å². The Balaban J connectivity index is 1.65. The van der Waals surface area contributed by atoms with Gasteiger partial charge in [0, 0.05) is 65.0 Å². The molecular weight excluding hydrogens is 526 g/mol. The van der Waals surface area contributed by atoms with Gasteiger partial charge in [0.25, 0.3) is 0 Å². The third kappa shape index (κ3) is 5.90. The zero-order valence-corrected chi connectivity index (χ0v) is 24.3. The van der Waals surface area contributed by atoms with Crippen molar-refractivity contribution in [2.24, 2.45) is 11.8 Å². The van der Waals surface area contributed by atoms with Gasteiger partial charge in [-0.25, -0.2) is 13.1 Å². The Morgan fingerprint density at radius 2 is 1.90 bits per heavy atom. The topological polar surface area (TPSA) is 133 Å². The fourth-order valence-electron chi connectivity index (χ4n) is 5.29. The summed E-state index contributed by atoms with van der Waals surface area (Å²) in [5.41, 5.74) is 3.09. The van der Waals surface area contributed by atoms with Gasteiger partial charge in [-0.2, -0.15) is 0 Å². The summed E-state index contributed by atoms with van der Waals surface area (Å²) in [5, 5.41) is 18.8. The molecule has 5 rings (SSSR count). The fraction of sp³-hybridized carbons (Fsp3) is 0.500. The first-order valence-corrected chi connectivity index (χ1v) is 15.7. The zero-order chi connectivity index (χ0) is 28.6. The highest BCUT2D eigenvalue weighted by atomic mass is 32.2. The van der Waals surface area contributed by atoms with E-state index in [1.54, 1.807) is 36.8 Å². The van der Waals surface area contributed by atoms with Crippen molar-refractivity contribution in [3.8, 4) is 0 Å². The number of nitrogens with zero attached hydrogens (tertiary/aromatic N) is 2. The van der Waals surface area contributed by atoms with E-state index in [1.165, 1.54) is 0 Å². The summed E-state index contributed by atoms with van der Waals surface area (Å²) in [6.45, 7) is 8.08. The third-order valence-electron chi connectivity index (χ3n) is 7.98. The Bertz CT molecular complexity index is 1490. The van der Waals surface area contributed by atoms with Crippen LogP contribution in [0.15, 0.2) is 47.8 Å². The van der Waals surface area contributed by atoms with Crippen LogP contribution in [-0.4, -0.2) is 35.9 Å². The molecule has 2 aliphatic rings. The molecule has 2 unspecified atom stereocenters. The molecule has 4 N–H and O–H groups in total. The molecule has 1 fully saturated rings. The van der Waals surface area contributed by atoms with Crippen molar-refractivity contribution in [2.45, 2.75) is 82.5 Å². The zero-order valence-electron chi connectivity index (χ0n) is 23.5. The number of hydrogen-bond acceptors (Lipinski definition) is 7. The second-order valence-electron chi connectivity index (χ2n) is 11.6. The lowest BCUT2D eigenvalue weighted by atomic mass is 9.98. The van der Waals surface area contributed by atoms with Crippen LogP contribution in [0.5, 0.6) is 0 Å². The van der Waals surface area contributed by atoms with Crippen LogP contribution >= 0.6 is 0 Å². The number of carbonyl (C=O) groups excluding carboxylic acids is 1. The van der Waals surface area contributed by atoms with Crippen molar-refractivity contribution >= 4 is 26.7 Å². The van der Waals surface area contributed by atoms with Gasteiger partial charge < -0.3 is 10.4 Å². The van der Waals surface area contributed by atoms with Crippen molar-refractivity contribution in [1.29, 1.82) is 0 Å². The number of sulfonamides is 1. The van der Waals surface area contributed by atoms with Gasteiger partial charge in [0.05, 0.1) is 10.9 Å². The maximum absolute atomic E-state index is 13.7. The average Bonchev–Trinajstić information content (AvgIpc) is 3.74. The molecule has 0 bridgehead atoms. The van der Waals surface area contributed by atoms with Gasteiger partial charge in [0.15, 0.2) is 0 Å². The fourth-order valence-corrected chi connectivity index (χ4v) is 6.74. The lowest BCUT2D eigenvalue weighted by molar-refractivity contribution is -0.125. The number of benzene rings is 1. The molecule has 0 radical (unpaired) electrons. The van der Waals surface area contributed by atoms with Crippen LogP contribution in [-0.2, 0) is 14.8 Å². The molecular formula is C30H39N5O4S. The second-order valence-corrected chi connectivity index (χ2v) is 13.3. The Morgan fingerprint density at radius 1 is 1.12 bits per heavy atom. The minimum absolute atomic E-state index is 0.0865. The minimum atomic E-state index is -3.85. The van der Waals surface area contributed by atoms with Crippen LogP contribution in [0.4, 0.5) is 0 Å². The van der Waals surface area contributed by atoms with Gasteiger partial charge in [-0.15, -0.1) is 0 Å². The number of hydrogen-bond donors (Lipinski definition) is 4. The number of fused-ring (bicyclic) bond motifs is 3. The van der Waals surface area contributed by atoms with Crippen molar-refractivity contribution in [1.82, 2.24) is 25.3 Å². The molecule has 2 aliphatic carbocycles. The Kier molecular flexibility index (Phi) is 8.24. The number of pyridine rings is 2. The van der Waals surface area contributed by atoms with E-state index in [2.05, 4.69) is 20.3 Å². The van der Waals surface area contributed by atoms with Crippen LogP contribution in [0.2, 0.25) is 0 Å². The average molecular weight is 566 g/mol. The molecule has 4 atom stereocenters. The number of nitrogens with one attached hydrogen (secondary N) is 3. The molecule has 0 aliphatic heterocycles. The second kappa shape index (κ2) is 11.5. The highest BCUT2D eigenvalue weighted by Gasteiger charge is 2.38. The molecule has 1 saturated carbocycles. The number of aliphatic hydroxyl groups excluding tert-OH is 1. The molecule has 1 amide bonds. The van der Waals surface area contributed by atoms with Crippen LogP contribution in [0.3, 0.4) is 0 Å². The maximum Gasteiger partial charge on any atom is 0.241 e. The molecule has 214 valence electrons. The summed E-state index contributed by atoms with van der Waals surface area (Å²) in [4.78, 5) is 22.1. The van der Waals surface area contributed by atoms with Gasteiger partial charge in [0.2, 0.25) is 15.9 Å². The number of aromatic nitrogens is 2. The molecule has 9 nitrogen and oxygen atoms in total. The Labute approximate surface area is 236 Å². The van der Waals surface area contributed by atoms with Crippen LogP contribution in [0.25, 0.3) is 10.8 Å². The van der Waals surface area contributed by atoms with Gasteiger partial charge in [-0.05, 0) is 60.9 Å². The minimum Gasteiger partial charge on any atom is -0.374 e. The van der Waals surface area contributed by atoms with Gasteiger partial charge in [-0.3, -0.25) is 20.1 Å². The predicted molar refractivity (Wildman–Crippen MR) is 154 cm³/mol. The van der Waals surface area contributed by atoms with E-state index in [9.17, 15) is 18.3 Å². The lowest BCUT2D eigenvalue weighted by Gasteiger charge is -2.21. The smallest absolute Gasteiger partial charge is 0.241 e. The van der Waals surface area contributed by atoms with E-state index < -0.39 is 22.3 Å². The summed E-state index contributed by atoms with van der Waals surface area (Å²) >= 11 is 0. The molecule has 3 aromatic rings. The van der Waals surface area contributed by atoms with E-state index in [-0.39, 0.29) is 28.7 Å². The molecule has 40 heavy (non-hydrogen) atoms. The standard InChI is InChI=1S/C30H39N5O4S/c1-5-18(4)29(36)34-25-13-26(35-30(37)20-7-6-10-31-15-20)28-22(25)12-27(40(38,39)33-14-17(2)3)21-11-24(19-8-9-19)32-16-23(21)28/h6-7,10-12,15-19,25-26,30,33,35,37H,5,8-9,13-14H2,1-4H3,(H,34,36)/t18?,25-,26+,30?/m1/s1. The summed E-state index contributed by atoms with van der Waals surface area (Å²) in [7, 11) is -3.85. The van der Waals surface area contributed by atoms with Crippen LogP contribution in [0.1, 0.15) is 100.0 Å². The molecule has 2 aromatic heterocycles. The number of rotatable bonds is 11. The Morgan fingerprint density at radius 3 is 2.55 bits per heavy atom. The monoisotopic (exact) mass is 565 g/mol. The molecule has 1 aromatic carbocycles. The lowest BCUT2D eigenvalue weighted by Crippen LogP contribution is -2.32. The van der Waals surface area contributed by atoms with Crippen LogP contribution in [0, 0.1) is 11.8 Å². The van der Waals surface area contributed by atoms with E-state index in [1.807, 2.05) is 33.8 Å². The van der Waals surface area contributed by atoms with Crippen molar-refractivity contribution in [3.05, 3.63) is 65.2 Å². The summed E-state index contributed by atoms with van der Waals surface area (Å²) in [6, 6.07) is 6.40. The summed E-state index contributed by atoms with van der Waals surface area (Å²) < 4.78 is 30.2. The first kappa shape index (κ1) is 28.6. The maximum atomic E-state index is 13.7. The third-order valence-corrected chi connectivity index (χ3v) is 9.44. The van der Waals surface area contributed by atoms with Crippen molar-refractivity contribution in [3.63, 3.8) is 0 Å². The highest BCUT2D eigenvalue weighted by Crippen LogP contribution is 2.47. The normalized spacial score (nSPS) is 20.4. The first-order chi connectivity index (χ1) is 19.1. The predicted octanol–water partition coefficient (Wildman–Crippen LogP) is 4.37. The SMILES string of the molecule is CCC(C)C(=O)N[C@@H]1C[C@H](NC(O)c2cccnc2)c2c1cc(S(=O)(=O)NCC(C)C)c1cc(C3CC3)ncc21. The highest BCUT2D eigenvalue weighted by molar-refractivity contribution is 7.89. The van der Waals surface area contributed by atoms with Crippen molar-refractivity contribution in [2.75, 3.05) is 6.54 Å². The van der Waals surface area contributed by atoms with Gasteiger partial charge in [0.1, 0.15) is 6.23 Å². The van der Waals surface area contributed by atoms with Crippen molar-refractivity contribution < 1.29 is 18.3 Å².